The number of hydrogen-bond donors (Lipinski definition) is 2. The largest absolute Gasteiger partial charge is 0.481 e. The van der Waals surface area contributed by atoms with E-state index in [1.165, 1.54) is 0 Å². The monoisotopic (exact) mass is 367 g/mol. The van der Waals surface area contributed by atoms with E-state index in [0.29, 0.717) is 28.4 Å². The molecule has 2 N–H and O–H groups in total. The molecule has 0 bridgehead atoms. The van der Waals surface area contributed by atoms with Crippen LogP contribution in [0.4, 0.5) is 5.69 Å². The fraction of sp³-hybridized carbons (Fsp3) is 0.250. The van der Waals surface area contributed by atoms with Crippen molar-refractivity contribution in [2.75, 3.05) is 5.32 Å². The molecule has 1 amide bonds. The molecule has 0 saturated carbocycles. The van der Waals surface area contributed by atoms with Crippen LogP contribution in [0, 0.1) is 20.8 Å². The van der Waals surface area contributed by atoms with Crippen LogP contribution in [0.2, 0.25) is 0 Å². The predicted octanol–water partition coefficient (Wildman–Crippen LogP) is 3.83. The highest BCUT2D eigenvalue weighted by Gasteiger charge is 2.19. The lowest BCUT2D eigenvalue weighted by atomic mass is 10.0. The van der Waals surface area contributed by atoms with Gasteiger partial charge in [-0.05, 0) is 51.5 Å². The molecule has 0 aliphatic carbocycles. The van der Waals surface area contributed by atoms with Crippen molar-refractivity contribution >= 4 is 17.6 Å². The van der Waals surface area contributed by atoms with E-state index in [-0.39, 0.29) is 5.91 Å². The van der Waals surface area contributed by atoms with E-state index in [0.717, 1.165) is 11.4 Å². The van der Waals surface area contributed by atoms with Gasteiger partial charge in [-0.1, -0.05) is 17.3 Å². The average molecular weight is 367 g/mol. The summed E-state index contributed by atoms with van der Waals surface area (Å²) in [6, 6.07) is 10.4. The maximum atomic E-state index is 12.7. The Kier molecular flexibility index (Phi) is 4.85. The van der Waals surface area contributed by atoms with Gasteiger partial charge < -0.3 is 14.9 Å². The Hall–Kier alpha value is -3.35. The van der Waals surface area contributed by atoms with E-state index in [1.807, 2.05) is 31.4 Å². The van der Waals surface area contributed by atoms with Crippen molar-refractivity contribution in [3.8, 4) is 5.82 Å². The van der Waals surface area contributed by atoms with Crippen LogP contribution in [0.15, 0.2) is 40.9 Å². The molecule has 0 saturated heterocycles. The molecule has 7 nitrogen and oxygen atoms in total. The molecule has 1 atom stereocenters. The number of carboxylic acid groups (broad SMARTS) is 1. The first-order valence-corrected chi connectivity index (χ1v) is 8.54. The summed E-state index contributed by atoms with van der Waals surface area (Å²) in [4.78, 5) is 23.8. The van der Waals surface area contributed by atoms with Crippen LogP contribution in [0.1, 0.15) is 45.9 Å². The first-order chi connectivity index (χ1) is 12.8. The third-order valence-corrected chi connectivity index (χ3v) is 4.56. The van der Waals surface area contributed by atoms with E-state index >= 15 is 0 Å². The minimum Gasteiger partial charge on any atom is -0.481 e. The summed E-state index contributed by atoms with van der Waals surface area (Å²) in [7, 11) is 0. The summed E-state index contributed by atoms with van der Waals surface area (Å²) in [6.45, 7) is 7.18. The molecular formula is C20H21N3O4. The lowest BCUT2D eigenvalue weighted by molar-refractivity contribution is -0.138. The topological polar surface area (TPSA) is 97.4 Å². The molecular weight excluding hydrogens is 346 g/mol. The van der Waals surface area contributed by atoms with Crippen LogP contribution in [-0.4, -0.2) is 26.7 Å². The van der Waals surface area contributed by atoms with Gasteiger partial charge in [0, 0.05) is 23.1 Å². The molecule has 0 aliphatic heterocycles. The van der Waals surface area contributed by atoms with E-state index in [1.54, 1.807) is 37.3 Å². The smallest absolute Gasteiger partial charge is 0.310 e. The molecule has 27 heavy (non-hydrogen) atoms. The number of benzene rings is 1. The van der Waals surface area contributed by atoms with Gasteiger partial charge in [-0.3, -0.25) is 14.2 Å². The highest BCUT2D eigenvalue weighted by Crippen LogP contribution is 2.23. The fourth-order valence-corrected chi connectivity index (χ4v) is 3.00. The van der Waals surface area contributed by atoms with Crippen molar-refractivity contribution in [1.82, 2.24) is 9.72 Å². The highest BCUT2D eigenvalue weighted by atomic mass is 16.5. The van der Waals surface area contributed by atoms with Crippen molar-refractivity contribution in [3.63, 3.8) is 0 Å². The van der Waals surface area contributed by atoms with Gasteiger partial charge >= 0.3 is 5.97 Å². The van der Waals surface area contributed by atoms with Crippen molar-refractivity contribution < 1.29 is 19.2 Å². The zero-order chi connectivity index (χ0) is 19.7. The fourth-order valence-electron chi connectivity index (χ4n) is 3.00. The number of nitrogens with zero attached hydrogens (tertiary/aromatic N) is 2. The number of carbonyl (C=O) groups is 2. The van der Waals surface area contributed by atoms with Crippen LogP contribution in [0.3, 0.4) is 0 Å². The summed E-state index contributed by atoms with van der Waals surface area (Å²) in [5.74, 6) is -0.400. The van der Waals surface area contributed by atoms with Crippen LogP contribution in [0.5, 0.6) is 0 Å². The molecule has 3 rings (SSSR count). The number of hydrogen-bond acceptors (Lipinski definition) is 4. The van der Waals surface area contributed by atoms with E-state index in [4.69, 9.17) is 9.63 Å². The summed E-state index contributed by atoms with van der Waals surface area (Å²) >= 11 is 0. The Bertz CT molecular complexity index is 999. The molecule has 140 valence electrons. The van der Waals surface area contributed by atoms with Gasteiger partial charge in [-0.15, -0.1) is 0 Å². The van der Waals surface area contributed by atoms with E-state index in [9.17, 15) is 9.59 Å². The average Bonchev–Trinajstić information content (AvgIpc) is 3.17. The molecule has 1 unspecified atom stereocenters. The Labute approximate surface area is 156 Å². The minimum absolute atomic E-state index is 0.242. The van der Waals surface area contributed by atoms with Gasteiger partial charge in [0.25, 0.3) is 5.91 Å². The molecule has 0 spiro atoms. The van der Waals surface area contributed by atoms with Crippen molar-refractivity contribution in [2.24, 2.45) is 0 Å². The second kappa shape index (κ2) is 7.11. The van der Waals surface area contributed by atoms with Crippen LogP contribution < -0.4 is 5.32 Å². The number of rotatable bonds is 5. The third-order valence-electron chi connectivity index (χ3n) is 4.56. The second-order valence-corrected chi connectivity index (χ2v) is 6.55. The Balaban J connectivity index is 1.82. The molecule has 0 aliphatic rings. The lowest BCUT2D eigenvalue weighted by Crippen LogP contribution is -2.13. The number of carbonyl (C=O) groups excluding carboxylic acids is 1. The van der Waals surface area contributed by atoms with Gasteiger partial charge in [0.1, 0.15) is 5.76 Å². The number of aliphatic carboxylic acids is 1. The first kappa shape index (κ1) is 18.4. The molecule has 2 aromatic heterocycles. The SMILES string of the molecule is Cc1cc(-n2c(C)cc(C(=O)Nc3ccc(C(C)C(=O)O)cc3)c2C)no1. The van der Waals surface area contributed by atoms with Gasteiger partial charge in [0.05, 0.1) is 11.5 Å². The molecule has 0 radical (unpaired) electrons. The van der Waals surface area contributed by atoms with Gasteiger partial charge in [0.15, 0.2) is 5.82 Å². The lowest BCUT2D eigenvalue weighted by Gasteiger charge is -2.09. The summed E-state index contributed by atoms with van der Waals surface area (Å²) in [5, 5.41) is 15.9. The number of aromatic nitrogens is 2. The quantitative estimate of drug-likeness (QED) is 0.714. The summed E-state index contributed by atoms with van der Waals surface area (Å²) < 4.78 is 6.99. The number of anilines is 1. The van der Waals surface area contributed by atoms with Crippen molar-refractivity contribution in [2.45, 2.75) is 33.6 Å². The number of carboxylic acids is 1. The maximum absolute atomic E-state index is 12.7. The van der Waals surface area contributed by atoms with Crippen molar-refractivity contribution in [3.05, 3.63) is 64.7 Å². The molecule has 2 heterocycles. The number of nitrogens with one attached hydrogen (secondary N) is 1. The second-order valence-electron chi connectivity index (χ2n) is 6.55. The zero-order valence-electron chi connectivity index (χ0n) is 15.6. The molecule has 1 aromatic carbocycles. The van der Waals surface area contributed by atoms with Gasteiger partial charge in [-0.2, -0.15) is 0 Å². The normalized spacial score (nSPS) is 12.0. The molecule has 7 heteroatoms. The van der Waals surface area contributed by atoms with Crippen molar-refractivity contribution in [1.29, 1.82) is 0 Å². The van der Waals surface area contributed by atoms with Crippen LogP contribution >= 0.6 is 0 Å². The Morgan fingerprint density at radius 2 is 1.81 bits per heavy atom. The molecule has 3 aromatic rings. The Morgan fingerprint density at radius 1 is 1.15 bits per heavy atom. The summed E-state index contributed by atoms with van der Waals surface area (Å²) in [5.41, 5.74) is 3.45. The van der Waals surface area contributed by atoms with Crippen LogP contribution in [-0.2, 0) is 4.79 Å². The Morgan fingerprint density at radius 3 is 2.37 bits per heavy atom. The van der Waals surface area contributed by atoms with E-state index < -0.39 is 11.9 Å². The third kappa shape index (κ3) is 3.62. The zero-order valence-corrected chi connectivity index (χ0v) is 15.6. The standard InChI is InChI=1S/C20H21N3O4/c1-11-9-17(14(4)23(11)18-10-12(2)27-22-18)19(24)21-16-7-5-15(6-8-16)13(3)20(25)26/h5-10,13H,1-4H3,(H,21,24)(H,25,26). The maximum Gasteiger partial charge on any atom is 0.310 e. The number of amides is 1. The van der Waals surface area contributed by atoms with Gasteiger partial charge in [-0.25, -0.2) is 0 Å². The highest BCUT2D eigenvalue weighted by molar-refractivity contribution is 6.05. The van der Waals surface area contributed by atoms with Crippen LogP contribution in [0.25, 0.3) is 5.82 Å². The van der Waals surface area contributed by atoms with Gasteiger partial charge in [0.2, 0.25) is 0 Å². The minimum atomic E-state index is -0.887. The summed E-state index contributed by atoms with van der Waals surface area (Å²) in [6.07, 6.45) is 0. The predicted molar refractivity (Wildman–Crippen MR) is 100 cm³/mol. The van der Waals surface area contributed by atoms with E-state index in [2.05, 4.69) is 10.5 Å². The molecule has 0 fully saturated rings. The number of aryl methyl sites for hydroxylation is 2. The first-order valence-electron chi connectivity index (χ1n) is 8.54.